The molecule has 1 unspecified atom stereocenters. The first-order valence-corrected chi connectivity index (χ1v) is 5.45. The Kier molecular flexibility index (Phi) is 12.2. The molecule has 0 saturated carbocycles. The smallest absolute Gasteiger partial charge is 1.00 e. The monoisotopic (exact) mass is 320 g/mol. The molecule has 0 heterocycles. The van der Waals surface area contributed by atoms with E-state index in [0.717, 1.165) is 0 Å². The molecule has 10 nitrogen and oxygen atoms in total. The summed E-state index contributed by atoms with van der Waals surface area (Å²) in [5, 5.41) is 26.1. The van der Waals surface area contributed by atoms with Gasteiger partial charge in [0.2, 0.25) is 0 Å². The van der Waals surface area contributed by atoms with E-state index in [1.807, 2.05) is 0 Å². The van der Waals surface area contributed by atoms with Crippen LogP contribution in [0.2, 0.25) is 0 Å². The molecule has 0 aromatic carbocycles. The molecule has 0 aliphatic rings. The van der Waals surface area contributed by atoms with E-state index in [0.29, 0.717) is 0 Å². The molecule has 0 bridgehead atoms. The van der Waals surface area contributed by atoms with Crippen LogP contribution in [0.3, 0.4) is 0 Å². The van der Waals surface area contributed by atoms with Crippen LogP contribution in [0.4, 0.5) is 0 Å². The maximum atomic E-state index is 10.8. The zero-order chi connectivity index (χ0) is 13.9. The van der Waals surface area contributed by atoms with Crippen LogP contribution in [0.5, 0.6) is 0 Å². The number of hydrogen-bond donors (Lipinski definition) is 5. The van der Waals surface area contributed by atoms with E-state index in [4.69, 9.17) is 20.0 Å². The van der Waals surface area contributed by atoms with Crippen molar-refractivity contribution in [3.63, 3.8) is 0 Å². The summed E-state index contributed by atoms with van der Waals surface area (Å²) in [5.74, 6) is -5.47. The third-order valence-electron chi connectivity index (χ3n) is 1.50. The molecule has 0 aliphatic carbocycles. The molecule has 102 valence electrons. The van der Waals surface area contributed by atoms with Gasteiger partial charge in [0.15, 0.2) is 5.60 Å². The minimum Gasteiger partial charge on any atom is -1.00 e. The number of phosphoric ester groups is 1. The van der Waals surface area contributed by atoms with Crippen molar-refractivity contribution in [1.29, 1.82) is 0 Å². The van der Waals surface area contributed by atoms with Gasteiger partial charge in [0, 0.05) is 0 Å². The molecule has 19 heavy (non-hydrogen) atoms. The first-order chi connectivity index (χ1) is 7.46. The summed E-state index contributed by atoms with van der Waals surface area (Å²) in [6.07, 6.45) is -2.72. The average Bonchev–Trinajstić information content (AvgIpc) is 1.96. The van der Waals surface area contributed by atoms with Crippen molar-refractivity contribution >= 4 is 25.7 Å². The number of phosphoric acid groups is 1. The number of carbonyl (C=O) groups excluding carboxylic acids is 1. The largest absolute Gasteiger partial charge is 1.00 e. The van der Waals surface area contributed by atoms with Crippen LogP contribution >= 0.6 is 7.82 Å². The zero-order valence-electron chi connectivity index (χ0n) is 12.1. The Labute approximate surface area is 153 Å². The van der Waals surface area contributed by atoms with Crippen molar-refractivity contribution in [2.75, 3.05) is 0 Å². The summed E-state index contributed by atoms with van der Waals surface area (Å²) in [5.41, 5.74) is -2.99. The summed E-state index contributed by atoms with van der Waals surface area (Å²) < 4.78 is 13.7. The minimum absolute atomic E-state index is 0. The van der Waals surface area contributed by atoms with Gasteiger partial charge in [0.25, 0.3) is 0 Å². The molecule has 13 heteroatoms. The Morgan fingerprint density at radius 3 is 1.79 bits per heavy atom. The molecule has 0 aliphatic heterocycles. The van der Waals surface area contributed by atoms with Crippen LogP contribution in [0.15, 0.2) is 0 Å². The maximum Gasteiger partial charge on any atom is 1.00 e. The van der Waals surface area contributed by atoms with Crippen molar-refractivity contribution in [3.05, 3.63) is 0 Å². The Morgan fingerprint density at radius 1 is 1.11 bits per heavy atom. The topological polar surface area (TPSA) is 179 Å². The number of carbonyl (C=O) groups is 3. The van der Waals surface area contributed by atoms with Gasteiger partial charge < -0.3 is 22.7 Å². The second-order valence-electron chi connectivity index (χ2n) is 3.04. The molecule has 0 aromatic heterocycles. The van der Waals surface area contributed by atoms with Crippen LogP contribution in [-0.4, -0.2) is 48.6 Å². The molecular formula is C6H11Na2O10P. The fourth-order valence-corrected chi connectivity index (χ4v) is 1.20. The second-order valence-corrected chi connectivity index (χ2v) is 4.20. The quantitative estimate of drug-likeness (QED) is 0.233. The second kappa shape index (κ2) is 9.46. The van der Waals surface area contributed by atoms with Crippen LogP contribution in [-0.2, 0) is 23.5 Å². The molecule has 0 saturated heterocycles. The number of aliphatic hydroxyl groups is 1. The van der Waals surface area contributed by atoms with Crippen molar-refractivity contribution in [2.24, 2.45) is 0 Å². The summed E-state index contributed by atoms with van der Waals surface area (Å²) >= 11 is 0. The fourth-order valence-electron chi connectivity index (χ4n) is 0.868. The van der Waals surface area contributed by atoms with Crippen LogP contribution in [0, 0.1) is 0 Å². The van der Waals surface area contributed by atoms with Gasteiger partial charge in [-0.05, 0) is 0 Å². The molecule has 1 atom stereocenters. The molecule has 0 amide bonds. The van der Waals surface area contributed by atoms with Crippen LogP contribution < -0.4 is 59.1 Å². The Balaban J connectivity index is -0.000000213. The van der Waals surface area contributed by atoms with E-state index in [9.17, 15) is 24.1 Å². The SMILES string of the molecule is O=C(O)CC(O)(CC(=O)OP(=O)(O)O)C(=O)O.[H-].[H-].[Na+].[Na+]. The Bertz CT molecular complexity index is 401. The molecule has 0 radical (unpaired) electrons. The van der Waals surface area contributed by atoms with E-state index in [-0.39, 0.29) is 62.0 Å². The summed E-state index contributed by atoms with van der Waals surface area (Å²) in [6.45, 7) is 0. The van der Waals surface area contributed by atoms with Gasteiger partial charge in [-0.15, -0.1) is 0 Å². The molecule has 0 spiro atoms. The van der Waals surface area contributed by atoms with Crippen molar-refractivity contribution in [2.45, 2.75) is 18.4 Å². The molecule has 0 aromatic rings. The van der Waals surface area contributed by atoms with Gasteiger partial charge in [-0.3, -0.25) is 19.4 Å². The predicted molar refractivity (Wildman–Crippen MR) is 49.8 cm³/mol. The first-order valence-electron chi connectivity index (χ1n) is 3.92. The molecule has 0 rings (SSSR count). The predicted octanol–water partition coefficient (Wildman–Crippen LogP) is -7.46. The van der Waals surface area contributed by atoms with E-state index in [2.05, 4.69) is 4.52 Å². The fraction of sp³-hybridized carbons (Fsp3) is 0.500. The van der Waals surface area contributed by atoms with Crippen molar-refractivity contribution < 1.29 is 111 Å². The van der Waals surface area contributed by atoms with Crippen LogP contribution in [0.25, 0.3) is 0 Å². The third kappa shape index (κ3) is 10.9. The van der Waals surface area contributed by atoms with E-state index in [1.165, 1.54) is 0 Å². The van der Waals surface area contributed by atoms with Gasteiger partial charge in [0.1, 0.15) is 0 Å². The van der Waals surface area contributed by atoms with Crippen LogP contribution in [0.1, 0.15) is 15.7 Å². The van der Waals surface area contributed by atoms with E-state index < -0.39 is 44.2 Å². The van der Waals surface area contributed by atoms with Crippen molar-refractivity contribution in [1.82, 2.24) is 0 Å². The number of carboxylic acid groups (broad SMARTS) is 2. The van der Waals surface area contributed by atoms with Gasteiger partial charge in [-0.1, -0.05) is 0 Å². The van der Waals surface area contributed by atoms with Gasteiger partial charge in [-0.25, -0.2) is 9.36 Å². The number of carboxylic acids is 2. The van der Waals surface area contributed by atoms with Gasteiger partial charge in [-0.2, -0.15) is 0 Å². The molecular weight excluding hydrogens is 309 g/mol. The summed E-state index contributed by atoms with van der Waals surface area (Å²) in [4.78, 5) is 48.1. The number of hydrogen-bond acceptors (Lipinski definition) is 6. The number of rotatable bonds is 6. The Morgan fingerprint density at radius 2 is 1.53 bits per heavy atom. The number of aliphatic carboxylic acids is 2. The normalized spacial score (nSPS) is 13.2. The summed E-state index contributed by atoms with van der Waals surface area (Å²) in [6, 6.07) is 0. The molecule has 0 fully saturated rings. The van der Waals surface area contributed by atoms with Gasteiger partial charge in [0.05, 0.1) is 12.8 Å². The molecule has 5 N–H and O–H groups in total. The van der Waals surface area contributed by atoms with Gasteiger partial charge >= 0.3 is 84.8 Å². The average molecular weight is 320 g/mol. The third-order valence-corrected chi connectivity index (χ3v) is 1.94. The van der Waals surface area contributed by atoms with E-state index >= 15 is 0 Å². The Hall–Kier alpha value is 0.520. The standard InChI is InChI=1S/C6H9O10P.2Na.2H/c7-3(8)1-6(12,5(10)11)2-4(9)16-17(13,14)15;;;;/h12H,1-2H2,(H,7,8)(H,10,11)(H2,13,14,15);;;;/q;2*+1;2*-1. The zero-order valence-corrected chi connectivity index (χ0v) is 15.0. The maximum absolute atomic E-state index is 10.8. The minimum atomic E-state index is -5.17. The first kappa shape index (κ1) is 24.5. The van der Waals surface area contributed by atoms with Crippen molar-refractivity contribution in [3.8, 4) is 0 Å². The van der Waals surface area contributed by atoms with E-state index in [1.54, 1.807) is 0 Å². The summed E-state index contributed by atoms with van der Waals surface area (Å²) in [7, 11) is -5.17.